The van der Waals surface area contributed by atoms with Gasteiger partial charge < -0.3 is 11.5 Å². The number of nitrogens with two attached hydrogens (primary N) is 2. The summed E-state index contributed by atoms with van der Waals surface area (Å²) in [5.74, 6) is -3.19. The Morgan fingerprint density at radius 3 is 1.90 bits per heavy atom. The molecule has 0 aromatic heterocycles. The van der Waals surface area contributed by atoms with Crippen LogP contribution in [0.5, 0.6) is 0 Å². The van der Waals surface area contributed by atoms with Gasteiger partial charge in [-0.3, -0.25) is 9.59 Å². The van der Waals surface area contributed by atoms with Gasteiger partial charge in [-0.15, -0.1) is 0 Å². The number of carbonyl (C=O) groups is 2. The smallest absolute Gasteiger partial charge is 0.240 e. The van der Waals surface area contributed by atoms with E-state index < -0.39 is 28.6 Å². The Labute approximate surface area is 119 Å². The van der Waals surface area contributed by atoms with Crippen LogP contribution in [0.25, 0.3) is 0 Å². The summed E-state index contributed by atoms with van der Waals surface area (Å²) in [6.45, 7) is 0. The molecule has 2 atom stereocenters. The summed E-state index contributed by atoms with van der Waals surface area (Å²) in [7, 11) is 0. The first kappa shape index (κ1) is 13.9. The van der Waals surface area contributed by atoms with Gasteiger partial charge in [-0.2, -0.15) is 10.5 Å². The summed E-state index contributed by atoms with van der Waals surface area (Å²) in [6, 6.07) is 9.71. The maximum Gasteiger partial charge on any atom is 0.240 e. The highest BCUT2D eigenvalue weighted by atomic mass is 35.5. The largest absolute Gasteiger partial charge is 0.368 e. The fraction of sp³-hybridized carbons (Fsp3) is 0.231. The minimum absolute atomic E-state index is 0.233. The van der Waals surface area contributed by atoms with Crippen LogP contribution in [-0.2, 0) is 9.59 Å². The van der Waals surface area contributed by atoms with E-state index in [0.717, 1.165) is 0 Å². The second-order valence-electron chi connectivity index (χ2n) is 4.52. The van der Waals surface area contributed by atoms with Crippen LogP contribution in [0.3, 0.4) is 0 Å². The number of halogens is 1. The number of carbonyl (C=O) groups excluding carboxylic acids is 2. The highest BCUT2D eigenvalue weighted by Gasteiger charge is 2.86. The molecule has 0 radical (unpaired) electrons. The molecule has 1 fully saturated rings. The Hall–Kier alpha value is -2.57. The molecule has 2 amide bonds. The van der Waals surface area contributed by atoms with Gasteiger partial charge in [0.15, 0.2) is 10.8 Å². The molecular weight excluding hydrogens is 280 g/mol. The molecule has 6 nitrogen and oxygen atoms in total. The molecular formula is C13H9ClN4O2. The van der Waals surface area contributed by atoms with Crippen molar-refractivity contribution in [1.29, 1.82) is 10.5 Å². The van der Waals surface area contributed by atoms with Crippen molar-refractivity contribution in [3.8, 4) is 12.1 Å². The normalized spacial score (nSPS) is 30.9. The van der Waals surface area contributed by atoms with Crippen molar-refractivity contribution < 1.29 is 9.59 Å². The van der Waals surface area contributed by atoms with E-state index in [1.54, 1.807) is 24.3 Å². The van der Waals surface area contributed by atoms with Crippen LogP contribution in [0.2, 0.25) is 5.02 Å². The molecule has 1 aromatic rings. The van der Waals surface area contributed by atoms with E-state index in [1.165, 1.54) is 12.1 Å². The van der Waals surface area contributed by atoms with Crippen LogP contribution in [0, 0.1) is 33.5 Å². The number of nitrogens with zero attached hydrogens (tertiary/aromatic N) is 2. The van der Waals surface area contributed by atoms with E-state index in [4.69, 9.17) is 23.1 Å². The molecule has 0 saturated heterocycles. The topological polar surface area (TPSA) is 134 Å². The fourth-order valence-corrected chi connectivity index (χ4v) is 2.98. The first-order valence-corrected chi connectivity index (χ1v) is 5.94. The van der Waals surface area contributed by atoms with Gasteiger partial charge in [0.1, 0.15) is 0 Å². The number of nitriles is 2. The number of primary amides is 2. The predicted molar refractivity (Wildman–Crippen MR) is 68.7 cm³/mol. The van der Waals surface area contributed by atoms with Crippen LogP contribution < -0.4 is 11.5 Å². The number of hydrogen-bond acceptors (Lipinski definition) is 4. The van der Waals surface area contributed by atoms with Gasteiger partial charge in [-0.05, 0) is 11.6 Å². The first-order chi connectivity index (χ1) is 9.40. The van der Waals surface area contributed by atoms with Gasteiger partial charge in [0.2, 0.25) is 11.8 Å². The first-order valence-electron chi connectivity index (χ1n) is 5.57. The van der Waals surface area contributed by atoms with Gasteiger partial charge in [0.25, 0.3) is 0 Å². The van der Waals surface area contributed by atoms with Gasteiger partial charge in [-0.1, -0.05) is 29.8 Å². The number of amides is 2. The van der Waals surface area contributed by atoms with E-state index in [2.05, 4.69) is 0 Å². The standard InChI is InChI=1S/C13H9ClN4O2/c14-8-4-2-1-3-7(8)9-12(5-15,10(17)19)13(9,6-16)11(18)20/h1-4,9H,(H2,17,19)(H2,18,20)/t12-,13-/m1/s1. The monoisotopic (exact) mass is 288 g/mol. The lowest BCUT2D eigenvalue weighted by Crippen LogP contribution is -2.36. The van der Waals surface area contributed by atoms with Crippen LogP contribution in [-0.4, -0.2) is 11.8 Å². The Morgan fingerprint density at radius 1 is 1.10 bits per heavy atom. The average molecular weight is 289 g/mol. The maximum atomic E-state index is 11.7. The molecule has 0 unspecified atom stereocenters. The van der Waals surface area contributed by atoms with Crippen molar-refractivity contribution in [2.24, 2.45) is 22.3 Å². The molecule has 0 aliphatic heterocycles. The molecule has 1 saturated carbocycles. The molecule has 1 aliphatic rings. The van der Waals surface area contributed by atoms with Crippen molar-refractivity contribution in [2.75, 3.05) is 0 Å². The zero-order chi connectivity index (χ0) is 15.1. The van der Waals surface area contributed by atoms with Crippen molar-refractivity contribution in [1.82, 2.24) is 0 Å². The second kappa shape index (κ2) is 4.22. The second-order valence-corrected chi connectivity index (χ2v) is 4.93. The number of hydrogen-bond donors (Lipinski definition) is 2. The van der Waals surface area contributed by atoms with Gasteiger partial charge in [-0.25, -0.2) is 0 Å². The zero-order valence-electron chi connectivity index (χ0n) is 10.1. The van der Waals surface area contributed by atoms with E-state index in [9.17, 15) is 20.1 Å². The van der Waals surface area contributed by atoms with E-state index in [0.29, 0.717) is 5.56 Å². The van der Waals surface area contributed by atoms with Gasteiger partial charge in [0, 0.05) is 10.9 Å². The Morgan fingerprint density at radius 2 is 1.55 bits per heavy atom. The van der Waals surface area contributed by atoms with Crippen LogP contribution in [0.4, 0.5) is 0 Å². The Balaban J connectivity index is 2.74. The lowest BCUT2D eigenvalue weighted by molar-refractivity contribution is -0.127. The summed E-state index contributed by atoms with van der Waals surface area (Å²) < 4.78 is 0. The minimum Gasteiger partial charge on any atom is -0.368 e. The summed E-state index contributed by atoms with van der Waals surface area (Å²) >= 11 is 6.01. The molecule has 1 aliphatic carbocycles. The SMILES string of the molecule is N#C[C@]1(C(N)=O)C(c2ccccc2Cl)[C@]1(C#N)C(N)=O. The molecule has 4 N–H and O–H groups in total. The highest BCUT2D eigenvalue weighted by molar-refractivity contribution is 6.31. The summed E-state index contributed by atoms with van der Waals surface area (Å²) in [5, 5.41) is 18.9. The molecule has 0 bridgehead atoms. The average Bonchev–Trinajstić information content (AvgIpc) is 3.04. The highest BCUT2D eigenvalue weighted by Crippen LogP contribution is 2.74. The van der Waals surface area contributed by atoms with Crippen LogP contribution >= 0.6 is 11.6 Å². The third-order valence-electron chi connectivity index (χ3n) is 3.75. The number of benzene rings is 1. The quantitative estimate of drug-likeness (QED) is 0.833. The third-order valence-corrected chi connectivity index (χ3v) is 4.10. The van der Waals surface area contributed by atoms with Crippen molar-refractivity contribution in [3.63, 3.8) is 0 Å². The third kappa shape index (κ3) is 1.31. The van der Waals surface area contributed by atoms with Crippen LogP contribution in [0.1, 0.15) is 11.5 Å². The van der Waals surface area contributed by atoms with E-state index in [1.807, 2.05) is 0 Å². The van der Waals surface area contributed by atoms with E-state index in [-0.39, 0.29) is 5.02 Å². The summed E-state index contributed by atoms with van der Waals surface area (Å²) in [6.07, 6.45) is 0. The van der Waals surface area contributed by atoms with Crippen molar-refractivity contribution in [3.05, 3.63) is 34.9 Å². The lowest BCUT2D eigenvalue weighted by Gasteiger charge is -2.05. The van der Waals surface area contributed by atoms with Crippen molar-refractivity contribution in [2.45, 2.75) is 5.92 Å². The Kier molecular flexibility index (Phi) is 2.93. The molecule has 1 aromatic carbocycles. The molecule has 7 heteroatoms. The Bertz CT molecular complexity index is 667. The van der Waals surface area contributed by atoms with Gasteiger partial charge in [0.05, 0.1) is 12.1 Å². The van der Waals surface area contributed by atoms with Crippen LogP contribution in [0.15, 0.2) is 24.3 Å². The lowest BCUT2D eigenvalue weighted by atomic mass is 9.94. The van der Waals surface area contributed by atoms with Crippen molar-refractivity contribution >= 4 is 23.4 Å². The minimum atomic E-state index is -1.99. The molecule has 20 heavy (non-hydrogen) atoms. The summed E-state index contributed by atoms with van der Waals surface area (Å²) in [4.78, 5) is 23.4. The molecule has 0 spiro atoms. The molecule has 0 heterocycles. The summed E-state index contributed by atoms with van der Waals surface area (Å²) in [5.41, 5.74) is 6.85. The maximum absolute atomic E-state index is 11.7. The van der Waals surface area contributed by atoms with Gasteiger partial charge >= 0.3 is 0 Å². The zero-order valence-corrected chi connectivity index (χ0v) is 10.9. The van der Waals surface area contributed by atoms with E-state index >= 15 is 0 Å². The molecule has 100 valence electrons. The number of rotatable bonds is 3. The predicted octanol–water partition coefficient (Wildman–Crippen LogP) is 0.428. The fourth-order valence-electron chi connectivity index (χ4n) is 2.74. The molecule has 2 rings (SSSR count).